The van der Waals surface area contributed by atoms with E-state index in [2.05, 4.69) is 4.98 Å². The molecule has 0 atom stereocenters. The average Bonchev–Trinajstić information content (AvgIpc) is 2.53. The van der Waals surface area contributed by atoms with Gasteiger partial charge in [-0.2, -0.15) is 0 Å². The van der Waals surface area contributed by atoms with Crippen LogP contribution >= 0.6 is 0 Å². The molecule has 1 aromatic heterocycles. The summed E-state index contributed by atoms with van der Waals surface area (Å²) in [5.74, 6) is 0.815. The van der Waals surface area contributed by atoms with Gasteiger partial charge in [0.15, 0.2) is 11.6 Å². The minimum absolute atomic E-state index is 0.0284. The molecule has 20 heavy (non-hydrogen) atoms. The Kier molecular flexibility index (Phi) is 4.82. The van der Waals surface area contributed by atoms with Gasteiger partial charge in [-0.15, -0.1) is 0 Å². The van der Waals surface area contributed by atoms with E-state index in [0.29, 0.717) is 18.5 Å². The van der Waals surface area contributed by atoms with Crippen LogP contribution in [0.2, 0.25) is 0 Å². The molecule has 4 nitrogen and oxygen atoms in total. The Morgan fingerprint density at radius 2 is 1.95 bits per heavy atom. The van der Waals surface area contributed by atoms with Gasteiger partial charge in [-0.1, -0.05) is 12.1 Å². The van der Waals surface area contributed by atoms with Crippen LogP contribution in [0.1, 0.15) is 36.2 Å². The van der Waals surface area contributed by atoms with E-state index in [9.17, 15) is 9.59 Å². The standard InChI is InChI=1S/C16H17NO3/c1-20-13-7-5-12(6-8-13)15(18)9-10-16(19)14-4-2-3-11-17-14/h2-5,8,11H,6-7,9-10H2,1H3. The Morgan fingerprint density at radius 3 is 2.55 bits per heavy atom. The van der Waals surface area contributed by atoms with E-state index in [1.807, 2.05) is 12.2 Å². The molecular weight excluding hydrogens is 254 g/mol. The number of hydrogen-bond acceptors (Lipinski definition) is 4. The second kappa shape index (κ2) is 6.80. The first kappa shape index (κ1) is 14.2. The number of allylic oxidation sites excluding steroid dienone is 3. The van der Waals surface area contributed by atoms with Crippen LogP contribution in [0.15, 0.2) is 47.9 Å². The highest BCUT2D eigenvalue weighted by atomic mass is 16.5. The van der Waals surface area contributed by atoms with E-state index >= 15 is 0 Å². The summed E-state index contributed by atoms with van der Waals surface area (Å²) in [6.45, 7) is 0. The predicted octanol–water partition coefficient (Wildman–Crippen LogP) is 2.86. The van der Waals surface area contributed by atoms with Gasteiger partial charge in [0.05, 0.1) is 12.9 Å². The number of aromatic nitrogens is 1. The van der Waals surface area contributed by atoms with Gasteiger partial charge < -0.3 is 4.74 Å². The number of ether oxygens (including phenoxy) is 1. The summed E-state index contributed by atoms with van der Waals surface area (Å²) in [4.78, 5) is 27.9. The van der Waals surface area contributed by atoms with Crippen molar-refractivity contribution < 1.29 is 14.3 Å². The first-order chi connectivity index (χ1) is 9.70. The van der Waals surface area contributed by atoms with Gasteiger partial charge in [-0.25, -0.2) is 0 Å². The summed E-state index contributed by atoms with van der Waals surface area (Å²) in [5.41, 5.74) is 1.18. The summed E-state index contributed by atoms with van der Waals surface area (Å²) in [6.07, 6.45) is 7.03. The largest absolute Gasteiger partial charge is 0.501 e. The molecule has 2 rings (SSSR count). The Bertz CT molecular complexity index is 558. The summed E-state index contributed by atoms with van der Waals surface area (Å²) < 4.78 is 5.12. The maximum Gasteiger partial charge on any atom is 0.181 e. The molecule has 0 unspecified atom stereocenters. The molecule has 0 saturated carbocycles. The average molecular weight is 271 g/mol. The zero-order valence-corrected chi connectivity index (χ0v) is 11.5. The highest BCUT2D eigenvalue weighted by Gasteiger charge is 2.15. The molecule has 1 heterocycles. The first-order valence-corrected chi connectivity index (χ1v) is 6.60. The number of nitrogens with zero attached hydrogens (tertiary/aromatic N) is 1. The van der Waals surface area contributed by atoms with Crippen molar-refractivity contribution in [3.05, 3.63) is 53.6 Å². The number of carbonyl (C=O) groups excluding carboxylic acids is 2. The normalized spacial score (nSPS) is 14.2. The molecule has 1 aliphatic rings. The number of Topliss-reactive ketones (excluding diaryl/α,β-unsaturated/α-hetero) is 2. The van der Waals surface area contributed by atoms with Crippen LogP contribution in [-0.2, 0) is 9.53 Å². The molecule has 0 spiro atoms. The molecule has 0 saturated heterocycles. The molecule has 0 N–H and O–H groups in total. The lowest BCUT2D eigenvalue weighted by molar-refractivity contribution is -0.115. The van der Waals surface area contributed by atoms with E-state index in [1.54, 1.807) is 31.5 Å². The highest BCUT2D eigenvalue weighted by molar-refractivity contribution is 6.01. The Labute approximate surface area is 118 Å². The topological polar surface area (TPSA) is 56.3 Å². The third kappa shape index (κ3) is 3.63. The molecule has 0 amide bonds. The van der Waals surface area contributed by atoms with Gasteiger partial charge in [0.25, 0.3) is 0 Å². The SMILES string of the molecule is COC1=CCC(C(=O)CCC(=O)c2ccccn2)=CC1. The van der Waals surface area contributed by atoms with Crippen molar-refractivity contribution in [2.75, 3.05) is 7.11 Å². The number of carbonyl (C=O) groups is 2. The first-order valence-electron chi connectivity index (χ1n) is 6.60. The van der Waals surface area contributed by atoms with Crippen LogP contribution in [0.3, 0.4) is 0 Å². The van der Waals surface area contributed by atoms with Gasteiger partial charge in [-0.05, 0) is 30.2 Å². The Morgan fingerprint density at radius 1 is 1.15 bits per heavy atom. The molecule has 4 heteroatoms. The van der Waals surface area contributed by atoms with Gasteiger partial charge >= 0.3 is 0 Å². The molecular formula is C16H17NO3. The fraction of sp³-hybridized carbons (Fsp3) is 0.312. The molecule has 0 aliphatic heterocycles. The molecule has 104 valence electrons. The lowest BCUT2D eigenvalue weighted by Crippen LogP contribution is -2.09. The molecule has 0 fully saturated rings. The third-order valence-corrected chi connectivity index (χ3v) is 3.25. The van der Waals surface area contributed by atoms with Gasteiger partial charge in [0.1, 0.15) is 5.69 Å². The van der Waals surface area contributed by atoms with Crippen LogP contribution in [0.5, 0.6) is 0 Å². The summed E-state index contributed by atoms with van der Waals surface area (Å²) in [7, 11) is 1.62. The zero-order valence-electron chi connectivity index (χ0n) is 11.5. The molecule has 1 aliphatic carbocycles. The van der Waals surface area contributed by atoms with Crippen molar-refractivity contribution >= 4 is 11.6 Å². The fourth-order valence-electron chi connectivity index (χ4n) is 2.05. The third-order valence-electron chi connectivity index (χ3n) is 3.25. The molecule has 1 aromatic rings. The molecule has 0 aromatic carbocycles. The van der Waals surface area contributed by atoms with Crippen molar-refractivity contribution in [2.24, 2.45) is 0 Å². The van der Waals surface area contributed by atoms with Crippen LogP contribution < -0.4 is 0 Å². The Balaban J connectivity index is 1.85. The maximum absolute atomic E-state index is 12.0. The quantitative estimate of drug-likeness (QED) is 0.746. The number of ketones is 2. The van der Waals surface area contributed by atoms with Gasteiger partial charge in [0, 0.05) is 25.5 Å². The van der Waals surface area contributed by atoms with Gasteiger partial charge in [-0.3, -0.25) is 14.6 Å². The lowest BCUT2D eigenvalue weighted by Gasteiger charge is -2.12. The van der Waals surface area contributed by atoms with E-state index in [-0.39, 0.29) is 24.4 Å². The van der Waals surface area contributed by atoms with E-state index in [1.165, 1.54) is 0 Å². The lowest BCUT2D eigenvalue weighted by atomic mass is 9.97. The van der Waals surface area contributed by atoms with Crippen molar-refractivity contribution in [3.8, 4) is 0 Å². The smallest absolute Gasteiger partial charge is 0.181 e. The van der Waals surface area contributed by atoms with Gasteiger partial charge in [0.2, 0.25) is 0 Å². The van der Waals surface area contributed by atoms with Crippen LogP contribution in [-0.4, -0.2) is 23.7 Å². The summed E-state index contributed by atoms with van der Waals surface area (Å²) in [5, 5.41) is 0. The van der Waals surface area contributed by atoms with E-state index in [0.717, 1.165) is 11.3 Å². The molecule has 0 bridgehead atoms. The fourth-order valence-corrected chi connectivity index (χ4v) is 2.05. The zero-order chi connectivity index (χ0) is 14.4. The van der Waals surface area contributed by atoms with Crippen LogP contribution in [0.4, 0.5) is 0 Å². The second-order valence-corrected chi connectivity index (χ2v) is 4.57. The molecule has 0 radical (unpaired) electrons. The number of hydrogen-bond donors (Lipinski definition) is 0. The maximum atomic E-state index is 12.0. The minimum atomic E-state index is -0.0940. The summed E-state index contributed by atoms with van der Waals surface area (Å²) in [6, 6.07) is 5.19. The van der Waals surface area contributed by atoms with Crippen molar-refractivity contribution in [3.63, 3.8) is 0 Å². The van der Waals surface area contributed by atoms with Crippen LogP contribution in [0.25, 0.3) is 0 Å². The number of methoxy groups -OCH3 is 1. The van der Waals surface area contributed by atoms with Crippen molar-refractivity contribution in [2.45, 2.75) is 25.7 Å². The monoisotopic (exact) mass is 271 g/mol. The number of pyridine rings is 1. The highest BCUT2D eigenvalue weighted by Crippen LogP contribution is 2.20. The summed E-state index contributed by atoms with van der Waals surface area (Å²) >= 11 is 0. The van der Waals surface area contributed by atoms with E-state index in [4.69, 9.17) is 4.74 Å². The Hall–Kier alpha value is -2.23. The number of rotatable bonds is 6. The second-order valence-electron chi connectivity index (χ2n) is 4.57. The predicted molar refractivity (Wildman–Crippen MR) is 75.2 cm³/mol. The van der Waals surface area contributed by atoms with E-state index < -0.39 is 0 Å². The van der Waals surface area contributed by atoms with Crippen LogP contribution in [0, 0.1) is 0 Å². The van der Waals surface area contributed by atoms with Crippen molar-refractivity contribution in [1.29, 1.82) is 0 Å². The minimum Gasteiger partial charge on any atom is -0.501 e. The van der Waals surface area contributed by atoms with Crippen molar-refractivity contribution in [1.82, 2.24) is 4.98 Å².